The Morgan fingerprint density at radius 3 is 2.19 bits per heavy atom. The van der Waals surface area contributed by atoms with Gasteiger partial charge in [-0.15, -0.1) is 0 Å². The maximum atomic E-state index is 12.6. The number of ether oxygens (including phenoxy) is 2. The molecule has 0 unspecified atom stereocenters. The van der Waals surface area contributed by atoms with Crippen molar-refractivity contribution in [3.8, 4) is 0 Å². The van der Waals surface area contributed by atoms with E-state index in [9.17, 15) is 19.2 Å². The first-order valence-corrected chi connectivity index (χ1v) is 15.0. The molecule has 0 heterocycles. The molecular formula is C22H43N3O6Si. The van der Waals surface area contributed by atoms with Crippen LogP contribution in [-0.4, -0.2) is 62.7 Å². The van der Waals surface area contributed by atoms with Gasteiger partial charge in [0.25, 0.3) is 0 Å². The third-order valence-electron chi connectivity index (χ3n) is 4.45. The van der Waals surface area contributed by atoms with Gasteiger partial charge in [-0.3, -0.25) is 14.4 Å². The van der Waals surface area contributed by atoms with Gasteiger partial charge in [0.05, 0.1) is 12.6 Å². The fourth-order valence-electron chi connectivity index (χ4n) is 2.69. The SMILES string of the molecule is CC(=O)N[C@@H](CCCCNC(=O)OC(C)(C)C)C(=O)CC[C@@H](N)C(=O)OCC[Si](C)(C)C. The smallest absolute Gasteiger partial charge is 0.407 e. The monoisotopic (exact) mass is 473 g/mol. The molecule has 0 aromatic rings. The van der Waals surface area contributed by atoms with Gasteiger partial charge < -0.3 is 25.8 Å². The number of Topliss-reactive ketones (excluding diaryl/α,β-unsaturated/α-hetero) is 1. The number of nitrogens with one attached hydrogen (secondary N) is 2. The molecule has 0 spiro atoms. The molecule has 0 aliphatic heterocycles. The Bertz CT molecular complexity index is 628. The van der Waals surface area contributed by atoms with Crippen LogP contribution in [0.25, 0.3) is 0 Å². The van der Waals surface area contributed by atoms with E-state index < -0.39 is 37.8 Å². The van der Waals surface area contributed by atoms with Crippen LogP contribution in [-0.2, 0) is 23.9 Å². The second kappa shape index (κ2) is 14.3. The number of hydrogen-bond acceptors (Lipinski definition) is 7. The summed E-state index contributed by atoms with van der Waals surface area (Å²) in [6, 6.07) is -0.654. The van der Waals surface area contributed by atoms with Crippen molar-refractivity contribution >= 4 is 31.8 Å². The quantitative estimate of drug-likeness (QED) is 0.200. The summed E-state index contributed by atoms with van der Waals surface area (Å²) in [5.41, 5.74) is 5.31. The van der Waals surface area contributed by atoms with E-state index in [0.717, 1.165) is 6.04 Å². The summed E-state index contributed by atoms with van der Waals surface area (Å²) in [5, 5.41) is 5.32. The van der Waals surface area contributed by atoms with E-state index in [1.54, 1.807) is 20.8 Å². The summed E-state index contributed by atoms with van der Waals surface area (Å²) in [6.45, 7) is 14.0. The van der Waals surface area contributed by atoms with Gasteiger partial charge in [0.2, 0.25) is 5.91 Å². The highest BCUT2D eigenvalue weighted by Crippen LogP contribution is 2.11. The maximum absolute atomic E-state index is 12.6. The molecule has 9 nitrogen and oxygen atoms in total. The predicted octanol–water partition coefficient (Wildman–Crippen LogP) is 2.74. The van der Waals surface area contributed by atoms with Crippen LogP contribution in [0.4, 0.5) is 4.79 Å². The summed E-state index contributed by atoms with van der Waals surface area (Å²) in [4.78, 5) is 47.7. The summed E-state index contributed by atoms with van der Waals surface area (Å²) < 4.78 is 10.4. The van der Waals surface area contributed by atoms with Crippen molar-refractivity contribution in [2.24, 2.45) is 5.73 Å². The molecule has 2 amide bonds. The summed E-state index contributed by atoms with van der Waals surface area (Å²) in [7, 11) is -1.30. The van der Waals surface area contributed by atoms with Crippen LogP contribution in [0.5, 0.6) is 0 Å². The Hall–Kier alpha value is -1.94. The van der Waals surface area contributed by atoms with Crippen molar-refractivity contribution in [2.75, 3.05) is 13.2 Å². The Balaban J connectivity index is 4.38. The zero-order valence-electron chi connectivity index (χ0n) is 20.8. The average Bonchev–Trinajstić information content (AvgIpc) is 2.61. The number of amides is 2. The lowest BCUT2D eigenvalue weighted by molar-refractivity contribution is -0.145. The topological polar surface area (TPSA) is 137 Å². The predicted molar refractivity (Wildman–Crippen MR) is 127 cm³/mol. The second-order valence-electron chi connectivity index (χ2n) is 10.3. The maximum Gasteiger partial charge on any atom is 0.407 e. The standard InChI is InChI=1S/C22H43N3O6Si/c1-16(26)25-18(10-8-9-13-24-21(29)31-22(2,3)4)19(27)12-11-17(23)20(28)30-14-15-32(5,6)7/h17-18H,8-15,23H2,1-7H3,(H,24,29)(H,25,26)/t17-,18+/m1/s1. The normalized spacial score (nSPS) is 13.6. The molecule has 186 valence electrons. The van der Waals surface area contributed by atoms with Crippen LogP contribution >= 0.6 is 0 Å². The summed E-state index contributed by atoms with van der Waals surface area (Å²) >= 11 is 0. The van der Waals surface area contributed by atoms with Crippen LogP contribution < -0.4 is 16.4 Å². The summed E-state index contributed by atoms with van der Waals surface area (Å²) in [5.74, 6) is -0.976. The molecule has 0 aliphatic rings. The molecule has 0 bridgehead atoms. The van der Waals surface area contributed by atoms with Crippen molar-refractivity contribution in [1.29, 1.82) is 0 Å². The van der Waals surface area contributed by atoms with E-state index in [1.165, 1.54) is 6.92 Å². The van der Waals surface area contributed by atoms with Gasteiger partial charge in [0, 0.05) is 28.0 Å². The molecule has 32 heavy (non-hydrogen) atoms. The molecule has 0 rings (SSSR count). The Morgan fingerprint density at radius 2 is 1.66 bits per heavy atom. The first-order chi connectivity index (χ1) is 14.6. The fraction of sp³-hybridized carbons (Fsp3) is 0.818. The third kappa shape index (κ3) is 16.7. The van der Waals surface area contributed by atoms with Crippen molar-refractivity contribution in [2.45, 2.75) is 103 Å². The van der Waals surface area contributed by atoms with E-state index in [0.29, 0.717) is 32.4 Å². The molecule has 0 aromatic carbocycles. The van der Waals surface area contributed by atoms with Gasteiger partial charge >= 0.3 is 12.1 Å². The molecule has 10 heteroatoms. The van der Waals surface area contributed by atoms with Crippen LogP contribution in [0.3, 0.4) is 0 Å². The van der Waals surface area contributed by atoms with E-state index in [1.807, 2.05) is 0 Å². The second-order valence-corrected chi connectivity index (χ2v) is 15.9. The van der Waals surface area contributed by atoms with Crippen LogP contribution in [0.2, 0.25) is 25.7 Å². The van der Waals surface area contributed by atoms with Gasteiger partial charge in [-0.25, -0.2) is 4.79 Å². The molecule has 0 radical (unpaired) electrons. The highest BCUT2D eigenvalue weighted by molar-refractivity contribution is 6.76. The molecule has 0 saturated carbocycles. The average molecular weight is 474 g/mol. The number of ketones is 1. The first kappa shape index (κ1) is 30.1. The number of rotatable bonds is 14. The fourth-order valence-corrected chi connectivity index (χ4v) is 3.41. The number of carbonyl (C=O) groups is 4. The molecule has 4 N–H and O–H groups in total. The Kier molecular flexibility index (Phi) is 13.4. The molecule has 0 saturated heterocycles. The van der Waals surface area contributed by atoms with Crippen molar-refractivity contribution in [1.82, 2.24) is 10.6 Å². The zero-order valence-corrected chi connectivity index (χ0v) is 21.8. The van der Waals surface area contributed by atoms with Crippen LogP contribution in [0.1, 0.15) is 59.8 Å². The van der Waals surface area contributed by atoms with E-state index >= 15 is 0 Å². The van der Waals surface area contributed by atoms with Crippen LogP contribution in [0, 0.1) is 0 Å². The molecule has 0 aromatic heterocycles. The van der Waals surface area contributed by atoms with Gasteiger partial charge in [0.1, 0.15) is 11.6 Å². The number of carbonyl (C=O) groups excluding carboxylic acids is 4. The van der Waals surface area contributed by atoms with Crippen LogP contribution in [0.15, 0.2) is 0 Å². The molecular weight excluding hydrogens is 430 g/mol. The minimum Gasteiger partial charge on any atom is -0.465 e. The number of hydrogen-bond donors (Lipinski definition) is 3. The number of unbranched alkanes of at least 4 members (excludes halogenated alkanes) is 1. The van der Waals surface area contributed by atoms with Gasteiger partial charge in [0.15, 0.2) is 5.78 Å². The van der Waals surface area contributed by atoms with Gasteiger partial charge in [-0.05, 0) is 52.5 Å². The Morgan fingerprint density at radius 1 is 1.03 bits per heavy atom. The number of alkyl carbamates (subject to hydrolysis) is 1. The number of esters is 1. The lowest BCUT2D eigenvalue weighted by Gasteiger charge is -2.20. The van der Waals surface area contributed by atoms with Crippen molar-refractivity contribution in [3.05, 3.63) is 0 Å². The lowest BCUT2D eigenvalue weighted by Crippen LogP contribution is -2.41. The van der Waals surface area contributed by atoms with Crippen molar-refractivity contribution < 1.29 is 28.7 Å². The molecule has 2 atom stereocenters. The van der Waals surface area contributed by atoms with E-state index in [2.05, 4.69) is 30.3 Å². The molecule has 0 aliphatic carbocycles. The van der Waals surface area contributed by atoms with E-state index in [-0.39, 0.29) is 24.5 Å². The Labute approximate surface area is 193 Å². The highest BCUT2D eigenvalue weighted by Gasteiger charge is 2.23. The van der Waals surface area contributed by atoms with Gasteiger partial charge in [-0.2, -0.15) is 0 Å². The zero-order chi connectivity index (χ0) is 24.9. The first-order valence-electron chi connectivity index (χ1n) is 11.3. The summed E-state index contributed by atoms with van der Waals surface area (Å²) in [6.07, 6.45) is 1.44. The largest absolute Gasteiger partial charge is 0.465 e. The lowest BCUT2D eigenvalue weighted by atomic mass is 9.99. The minimum absolute atomic E-state index is 0.0748. The minimum atomic E-state index is -1.30. The molecule has 0 fully saturated rings. The van der Waals surface area contributed by atoms with E-state index in [4.69, 9.17) is 15.2 Å². The third-order valence-corrected chi connectivity index (χ3v) is 6.16. The highest BCUT2D eigenvalue weighted by atomic mass is 28.3. The van der Waals surface area contributed by atoms with Gasteiger partial charge in [-0.1, -0.05) is 19.6 Å². The van der Waals surface area contributed by atoms with Crippen molar-refractivity contribution in [3.63, 3.8) is 0 Å². The number of nitrogens with two attached hydrogens (primary N) is 1.